The molecule has 0 aromatic heterocycles. The van der Waals surface area contributed by atoms with Crippen LogP contribution in [0.15, 0.2) is 66.7 Å². The maximum atomic E-state index is 14.5. The molecule has 0 aliphatic carbocycles. The Morgan fingerprint density at radius 1 is 0.750 bits per heavy atom. The van der Waals surface area contributed by atoms with Crippen molar-refractivity contribution in [2.24, 2.45) is 0 Å². The second-order valence-corrected chi connectivity index (χ2v) is 6.70. The van der Waals surface area contributed by atoms with E-state index in [1.54, 1.807) is 19.1 Å². The molecule has 0 unspecified atom stereocenters. The molecule has 0 atom stereocenters. The van der Waals surface area contributed by atoms with Crippen LogP contribution in [0.1, 0.15) is 48.9 Å². The van der Waals surface area contributed by atoms with E-state index in [0.717, 1.165) is 28.7 Å². The largest absolute Gasteiger partial charge is 0.206 e. The first kappa shape index (κ1) is 19.5. The summed E-state index contributed by atoms with van der Waals surface area (Å²) >= 11 is 0. The lowest BCUT2D eigenvalue weighted by molar-refractivity contribution is 0.625. The summed E-state index contributed by atoms with van der Waals surface area (Å²) in [6.07, 6.45) is 3.47. The average molecular weight is 366 g/mol. The molecule has 1 heteroatoms. The normalized spacial score (nSPS) is 9.82. The van der Waals surface area contributed by atoms with Crippen LogP contribution in [0.3, 0.4) is 0 Å². The van der Waals surface area contributed by atoms with Gasteiger partial charge < -0.3 is 0 Å². The van der Waals surface area contributed by atoms with Crippen LogP contribution in [0, 0.1) is 29.5 Å². The van der Waals surface area contributed by atoms with Gasteiger partial charge in [-0.3, -0.25) is 0 Å². The molecule has 0 bridgehead atoms. The Labute approximate surface area is 167 Å². The summed E-state index contributed by atoms with van der Waals surface area (Å²) in [5.41, 5.74) is 5.40. The Bertz CT molecular complexity index is 1050. The molecule has 3 aromatic carbocycles. The van der Waals surface area contributed by atoms with Crippen LogP contribution < -0.4 is 0 Å². The van der Waals surface area contributed by atoms with Crippen LogP contribution in [-0.4, -0.2) is 0 Å². The zero-order valence-electron chi connectivity index (χ0n) is 16.4. The minimum atomic E-state index is -0.298. The molecule has 0 aliphatic heterocycles. The van der Waals surface area contributed by atoms with E-state index in [4.69, 9.17) is 0 Å². The minimum Gasteiger partial charge on any atom is -0.206 e. The second kappa shape index (κ2) is 9.59. The smallest absolute Gasteiger partial charge is 0.139 e. The average Bonchev–Trinajstić information content (AvgIpc) is 2.73. The molecule has 0 radical (unpaired) electrons. The molecule has 0 N–H and O–H groups in total. The van der Waals surface area contributed by atoms with Gasteiger partial charge in [-0.05, 0) is 72.9 Å². The van der Waals surface area contributed by atoms with Gasteiger partial charge in [0.05, 0.1) is 5.56 Å². The standard InChI is InChI=1S/C27H23F/c1-3-5-7-22-12-15-24(16-13-22)26-19-18-25(27(28)20-26)17-14-23-10-8-21(6-4-2)9-11-23/h8-13,15-16,18-20H,3,5,7H2,1-2H3. The SMILES string of the molecule is CC#Cc1ccc(C#Cc2ccc(-c3ccc(CCCC)cc3)cc2F)cc1. The van der Waals surface area contributed by atoms with Gasteiger partial charge in [0.2, 0.25) is 0 Å². The molecular weight excluding hydrogens is 343 g/mol. The summed E-state index contributed by atoms with van der Waals surface area (Å²) < 4.78 is 14.5. The highest BCUT2D eigenvalue weighted by molar-refractivity contribution is 5.65. The molecule has 3 aromatic rings. The molecule has 0 fully saturated rings. The number of hydrogen-bond acceptors (Lipinski definition) is 0. The predicted octanol–water partition coefficient (Wildman–Crippen LogP) is 6.61. The van der Waals surface area contributed by atoms with E-state index >= 15 is 0 Å². The molecule has 0 saturated carbocycles. The number of rotatable bonds is 4. The predicted molar refractivity (Wildman–Crippen MR) is 115 cm³/mol. The molecule has 0 nitrogen and oxygen atoms in total. The van der Waals surface area contributed by atoms with Crippen molar-refractivity contribution in [1.82, 2.24) is 0 Å². The van der Waals surface area contributed by atoms with E-state index in [2.05, 4.69) is 54.9 Å². The summed E-state index contributed by atoms with van der Waals surface area (Å²) in [7, 11) is 0. The minimum absolute atomic E-state index is 0.298. The van der Waals surface area contributed by atoms with Gasteiger partial charge >= 0.3 is 0 Å². The lowest BCUT2D eigenvalue weighted by Crippen LogP contribution is -1.88. The monoisotopic (exact) mass is 366 g/mol. The van der Waals surface area contributed by atoms with E-state index < -0.39 is 0 Å². The Kier molecular flexibility index (Phi) is 6.67. The van der Waals surface area contributed by atoms with Gasteiger partial charge in [0.15, 0.2) is 0 Å². The van der Waals surface area contributed by atoms with Crippen LogP contribution in [0.5, 0.6) is 0 Å². The van der Waals surface area contributed by atoms with Crippen molar-refractivity contribution in [2.45, 2.75) is 33.1 Å². The van der Waals surface area contributed by atoms with Crippen LogP contribution in [-0.2, 0) is 6.42 Å². The molecule has 0 aliphatic rings. The number of benzene rings is 3. The van der Waals surface area contributed by atoms with Crippen molar-refractivity contribution in [1.29, 1.82) is 0 Å². The first-order valence-corrected chi connectivity index (χ1v) is 9.63. The first-order chi connectivity index (χ1) is 13.7. The van der Waals surface area contributed by atoms with Crippen LogP contribution in [0.2, 0.25) is 0 Å². The Morgan fingerprint density at radius 3 is 2.00 bits per heavy atom. The highest BCUT2D eigenvalue weighted by atomic mass is 19.1. The quantitative estimate of drug-likeness (QED) is 0.456. The summed E-state index contributed by atoms with van der Waals surface area (Å²) in [6, 6.07) is 21.3. The fraction of sp³-hybridized carbons (Fsp3) is 0.185. The zero-order valence-corrected chi connectivity index (χ0v) is 16.4. The Morgan fingerprint density at radius 2 is 1.39 bits per heavy atom. The van der Waals surface area contributed by atoms with Crippen LogP contribution >= 0.6 is 0 Å². The first-order valence-electron chi connectivity index (χ1n) is 9.63. The number of aryl methyl sites for hydroxylation is 1. The summed E-state index contributed by atoms with van der Waals surface area (Å²) in [4.78, 5) is 0. The van der Waals surface area contributed by atoms with Gasteiger partial charge in [-0.2, -0.15) is 0 Å². The van der Waals surface area contributed by atoms with Crippen molar-refractivity contribution in [2.75, 3.05) is 0 Å². The third-order valence-electron chi connectivity index (χ3n) is 4.57. The fourth-order valence-electron chi connectivity index (χ4n) is 2.96. The van der Waals surface area contributed by atoms with Crippen LogP contribution in [0.25, 0.3) is 11.1 Å². The summed E-state index contributed by atoms with van der Waals surface area (Å²) in [5.74, 6) is 11.5. The molecule has 0 heterocycles. The highest BCUT2D eigenvalue weighted by Crippen LogP contribution is 2.23. The molecule has 0 spiro atoms. The molecule has 0 saturated heterocycles. The summed E-state index contributed by atoms with van der Waals surface area (Å²) in [5, 5.41) is 0. The van der Waals surface area contributed by atoms with Gasteiger partial charge in [0, 0.05) is 11.1 Å². The maximum Gasteiger partial charge on any atom is 0.139 e. The van der Waals surface area contributed by atoms with Gasteiger partial charge in [-0.25, -0.2) is 4.39 Å². The van der Waals surface area contributed by atoms with E-state index in [1.807, 2.05) is 30.3 Å². The zero-order chi connectivity index (χ0) is 19.8. The summed E-state index contributed by atoms with van der Waals surface area (Å²) in [6.45, 7) is 4.00. The van der Waals surface area contributed by atoms with E-state index in [0.29, 0.717) is 5.56 Å². The van der Waals surface area contributed by atoms with Gasteiger partial charge in [-0.15, -0.1) is 5.92 Å². The third kappa shape index (κ3) is 5.12. The van der Waals surface area contributed by atoms with Gasteiger partial charge in [0.25, 0.3) is 0 Å². The molecule has 0 amide bonds. The highest BCUT2D eigenvalue weighted by Gasteiger charge is 2.04. The number of unbranched alkanes of at least 4 members (excludes halogenated alkanes) is 1. The maximum absolute atomic E-state index is 14.5. The fourth-order valence-corrected chi connectivity index (χ4v) is 2.96. The van der Waals surface area contributed by atoms with Crippen molar-refractivity contribution in [3.8, 4) is 34.8 Å². The van der Waals surface area contributed by atoms with E-state index in [-0.39, 0.29) is 5.82 Å². The lowest BCUT2D eigenvalue weighted by atomic mass is 10.0. The lowest BCUT2D eigenvalue weighted by Gasteiger charge is -2.05. The van der Waals surface area contributed by atoms with Crippen molar-refractivity contribution < 1.29 is 4.39 Å². The molecular formula is C27H23F. The third-order valence-corrected chi connectivity index (χ3v) is 4.57. The molecule has 138 valence electrons. The second-order valence-electron chi connectivity index (χ2n) is 6.70. The van der Waals surface area contributed by atoms with Gasteiger partial charge in [0.1, 0.15) is 5.82 Å². The number of hydrogen-bond donors (Lipinski definition) is 0. The topological polar surface area (TPSA) is 0 Å². The van der Waals surface area contributed by atoms with Crippen molar-refractivity contribution in [3.05, 3.63) is 94.8 Å². The number of halogens is 1. The Hall–Kier alpha value is -3.29. The molecule has 28 heavy (non-hydrogen) atoms. The Balaban J connectivity index is 1.76. The van der Waals surface area contributed by atoms with Gasteiger partial charge in [-0.1, -0.05) is 61.4 Å². The van der Waals surface area contributed by atoms with Crippen molar-refractivity contribution in [3.63, 3.8) is 0 Å². The van der Waals surface area contributed by atoms with E-state index in [9.17, 15) is 4.39 Å². The van der Waals surface area contributed by atoms with E-state index in [1.165, 1.54) is 18.4 Å². The van der Waals surface area contributed by atoms with Crippen LogP contribution in [0.4, 0.5) is 4.39 Å². The molecule has 3 rings (SSSR count). The van der Waals surface area contributed by atoms with Crippen molar-refractivity contribution >= 4 is 0 Å².